The summed E-state index contributed by atoms with van der Waals surface area (Å²) in [7, 11) is -10.3. The Morgan fingerprint density at radius 1 is 0.714 bits per heavy atom. The molecule has 0 bridgehead atoms. The van der Waals surface area contributed by atoms with E-state index in [1.807, 2.05) is 0 Å². The van der Waals surface area contributed by atoms with E-state index in [4.69, 9.17) is 38.5 Å². The number of hydrogen-bond acceptors (Lipinski definition) is 6. The second-order valence-electron chi connectivity index (χ2n) is 0.937. The van der Waals surface area contributed by atoms with Crippen molar-refractivity contribution in [3.63, 3.8) is 0 Å². The minimum Gasteiger partial charge on any atom is -0.790 e. The Morgan fingerprint density at radius 2 is 0.714 bits per heavy atom. The normalized spacial score (nSPS) is 8.43. The summed E-state index contributed by atoms with van der Waals surface area (Å²) in [6.07, 6.45) is 0. The van der Waals surface area contributed by atoms with Crippen LogP contribution in [0.5, 0.6) is 0 Å². The summed E-state index contributed by atoms with van der Waals surface area (Å²) in [5, 5.41) is 0. The number of phosphoric acid groups is 2. The van der Waals surface area contributed by atoms with Crippen LogP contribution < -0.4 is 181 Å². The summed E-state index contributed by atoms with van der Waals surface area (Å²) in [6.45, 7) is 0. The van der Waals surface area contributed by atoms with Gasteiger partial charge >= 0.3 is 162 Å². The summed E-state index contributed by atoms with van der Waals surface area (Å²) in [5.74, 6) is 0. The largest absolute Gasteiger partial charge is 1.00 e. The second kappa shape index (κ2) is 18.5. The maximum absolute atomic E-state index is 8.66. The molecule has 0 aromatic rings. The van der Waals surface area contributed by atoms with Gasteiger partial charge in [0.25, 0.3) is 0 Å². The molecule has 0 rings (SSSR count). The summed E-state index contributed by atoms with van der Waals surface area (Å²) >= 11 is 0. The van der Waals surface area contributed by atoms with Gasteiger partial charge in [-0.3, -0.25) is 0 Å². The van der Waals surface area contributed by atoms with E-state index in [2.05, 4.69) is 0 Å². The maximum atomic E-state index is 8.66. The number of rotatable bonds is 0. The molecule has 0 radical (unpaired) electrons. The topological polar surface area (TPSA) is 167 Å². The third kappa shape index (κ3) is 158. The first-order valence-electron chi connectivity index (χ1n) is 1.50. The Bertz CT molecular complexity index is 136. The molecule has 0 aromatic heterocycles. The van der Waals surface area contributed by atoms with Gasteiger partial charge in [0.05, 0.1) is 15.6 Å². The van der Waals surface area contributed by atoms with Crippen molar-refractivity contribution in [3.05, 3.63) is 0 Å². The molecule has 0 atom stereocenters. The molecule has 2 N–H and O–H groups in total. The Kier molecular flexibility index (Phi) is 48.4. The van der Waals surface area contributed by atoms with Gasteiger partial charge in [-0.25, -0.2) is 0 Å². The Labute approximate surface area is 210 Å². The predicted molar refractivity (Wildman–Crippen MR) is 19.7 cm³/mol. The second-order valence-corrected chi connectivity index (χ2v) is 2.81. The van der Waals surface area contributed by atoms with E-state index in [-0.39, 0.29) is 162 Å². The summed E-state index contributed by atoms with van der Waals surface area (Å²) < 4.78 is 17.3. The molecular formula is H2K2Na2O8P2. The Morgan fingerprint density at radius 3 is 0.714 bits per heavy atom. The fraction of sp³-hybridized carbons (Fsp3) is 0. The molecule has 0 aliphatic rings. The van der Waals surface area contributed by atoms with Crippen LogP contribution in [0.2, 0.25) is 0 Å². The summed E-state index contributed by atoms with van der Waals surface area (Å²) in [5.41, 5.74) is 0. The van der Waals surface area contributed by atoms with Gasteiger partial charge in [-0.15, -0.1) is 0 Å². The molecule has 14 heteroatoms. The zero-order valence-electron chi connectivity index (χ0n) is 8.24. The van der Waals surface area contributed by atoms with Crippen LogP contribution in [0.15, 0.2) is 0 Å². The molecule has 0 fully saturated rings. The zero-order valence-corrected chi connectivity index (χ0v) is 20.3. The maximum Gasteiger partial charge on any atom is 1.00 e. The van der Waals surface area contributed by atoms with E-state index in [0.717, 1.165) is 0 Å². The third-order valence-electron chi connectivity index (χ3n) is 0. The molecule has 0 spiro atoms. The summed E-state index contributed by atoms with van der Waals surface area (Å²) in [6, 6.07) is 0. The van der Waals surface area contributed by atoms with Gasteiger partial charge < -0.3 is 38.5 Å². The average Bonchev–Trinajstić information content (AvgIpc) is 1.12. The third-order valence-corrected chi connectivity index (χ3v) is 0. The van der Waals surface area contributed by atoms with Crippen molar-refractivity contribution in [1.82, 2.24) is 0 Å². The molecule has 0 heterocycles. The van der Waals surface area contributed by atoms with E-state index in [1.165, 1.54) is 0 Å². The molecule has 0 amide bonds. The van der Waals surface area contributed by atoms with Crippen molar-refractivity contribution < 1.29 is 200 Å². The van der Waals surface area contributed by atoms with Gasteiger partial charge in [-0.05, 0) is 0 Å². The molecule has 14 heavy (non-hydrogen) atoms. The summed E-state index contributed by atoms with van der Waals surface area (Å²) in [4.78, 5) is 48.6. The Hall–Kier alpha value is 5.49. The van der Waals surface area contributed by atoms with Gasteiger partial charge in [0.15, 0.2) is 0 Å². The van der Waals surface area contributed by atoms with Crippen LogP contribution in [-0.4, -0.2) is 9.79 Å². The van der Waals surface area contributed by atoms with Crippen molar-refractivity contribution in [3.8, 4) is 0 Å². The van der Waals surface area contributed by atoms with Crippen LogP contribution >= 0.6 is 15.6 Å². The zero-order chi connectivity index (χ0) is 9.00. The van der Waals surface area contributed by atoms with E-state index >= 15 is 0 Å². The predicted octanol–water partition coefficient (Wildman–Crippen LogP) is -16.4. The van der Waals surface area contributed by atoms with Crippen LogP contribution in [0.1, 0.15) is 0 Å². The molecule has 0 saturated heterocycles. The first kappa shape index (κ1) is 36.6. The molecule has 0 saturated carbocycles. The first-order chi connectivity index (χ1) is 4.00. The van der Waals surface area contributed by atoms with Gasteiger partial charge in [-0.1, -0.05) is 0 Å². The SMILES string of the molecule is O=P([O-])([O-])O.O=P([O-])([O-])O.[K+].[K+].[Na+].[Na+]. The van der Waals surface area contributed by atoms with Crippen LogP contribution in [0.4, 0.5) is 0 Å². The van der Waals surface area contributed by atoms with Crippen LogP contribution in [0.3, 0.4) is 0 Å². The molecule has 0 aliphatic carbocycles. The minimum absolute atomic E-state index is 0. The first-order valence-corrected chi connectivity index (χ1v) is 4.49. The molecule has 64 valence electrons. The minimum atomic E-state index is -5.14. The fourth-order valence-electron chi connectivity index (χ4n) is 0. The van der Waals surface area contributed by atoms with Crippen molar-refractivity contribution in [2.75, 3.05) is 0 Å². The average molecular weight is 316 g/mol. The number of hydrogen-bond donors (Lipinski definition) is 2. The standard InChI is InChI=1S/2K.2Na.2H3O4P/c;;;;2*1-5(2,3)4/h;;;;2*(H3,1,2,3,4)/q4*+1;;/p-4. The van der Waals surface area contributed by atoms with E-state index in [9.17, 15) is 0 Å². The van der Waals surface area contributed by atoms with E-state index in [1.54, 1.807) is 0 Å². The van der Waals surface area contributed by atoms with Gasteiger partial charge in [0, 0.05) is 0 Å². The van der Waals surface area contributed by atoms with Crippen molar-refractivity contribution in [2.24, 2.45) is 0 Å². The molecule has 8 nitrogen and oxygen atoms in total. The van der Waals surface area contributed by atoms with Crippen LogP contribution in [0, 0.1) is 0 Å². The van der Waals surface area contributed by atoms with Gasteiger partial charge in [-0.2, -0.15) is 0 Å². The van der Waals surface area contributed by atoms with Gasteiger partial charge in [0.2, 0.25) is 0 Å². The van der Waals surface area contributed by atoms with Gasteiger partial charge in [0.1, 0.15) is 0 Å². The van der Waals surface area contributed by atoms with E-state index < -0.39 is 15.6 Å². The van der Waals surface area contributed by atoms with E-state index in [0.29, 0.717) is 0 Å². The molecule has 0 aliphatic heterocycles. The van der Waals surface area contributed by atoms with Crippen LogP contribution in [-0.2, 0) is 9.13 Å². The van der Waals surface area contributed by atoms with Crippen LogP contribution in [0.25, 0.3) is 0 Å². The van der Waals surface area contributed by atoms with Crippen molar-refractivity contribution in [1.29, 1.82) is 0 Å². The monoisotopic (exact) mass is 316 g/mol. The fourth-order valence-corrected chi connectivity index (χ4v) is 0. The van der Waals surface area contributed by atoms with Crippen molar-refractivity contribution in [2.45, 2.75) is 0 Å². The smallest absolute Gasteiger partial charge is 0.790 e. The molecule has 0 unspecified atom stereocenters. The van der Waals surface area contributed by atoms with Crippen molar-refractivity contribution >= 4 is 15.6 Å². The molecule has 0 aromatic carbocycles. The molecular weight excluding hydrogens is 314 g/mol. The quantitative estimate of drug-likeness (QED) is 0.328. The Balaban J connectivity index is -0.0000000178.